The van der Waals surface area contributed by atoms with Crippen LogP contribution < -0.4 is 5.32 Å². The van der Waals surface area contributed by atoms with E-state index < -0.39 is 0 Å². The molecule has 2 aromatic rings. The van der Waals surface area contributed by atoms with Gasteiger partial charge in [-0.3, -0.25) is 0 Å². The van der Waals surface area contributed by atoms with Crippen LogP contribution in [0.5, 0.6) is 0 Å². The molecule has 1 unspecified atom stereocenters. The third-order valence-electron chi connectivity index (χ3n) is 2.79. The summed E-state index contributed by atoms with van der Waals surface area (Å²) in [6.07, 6.45) is 0.801. The maximum atomic E-state index is 6.22. The number of benzene rings is 1. The van der Waals surface area contributed by atoms with Gasteiger partial charge < -0.3 is 5.32 Å². The molecule has 2 rings (SSSR count). The highest BCUT2D eigenvalue weighted by molar-refractivity contribution is 9.13. The predicted molar refractivity (Wildman–Crippen MR) is 91.7 cm³/mol. The van der Waals surface area contributed by atoms with Gasteiger partial charge in [0.15, 0.2) is 0 Å². The van der Waals surface area contributed by atoms with Crippen LogP contribution in [0.15, 0.2) is 32.5 Å². The molecule has 0 aliphatic heterocycles. The van der Waals surface area contributed by atoms with Gasteiger partial charge in [-0.05, 0) is 75.2 Å². The van der Waals surface area contributed by atoms with Gasteiger partial charge in [-0.25, -0.2) is 0 Å². The highest BCUT2D eigenvalue weighted by Crippen LogP contribution is 2.37. The van der Waals surface area contributed by atoms with Crippen molar-refractivity contribution in [3.05, 3.63) is 53.0 Å². The van der Waals surface area contributed by atoms with Crippen molar-refractivity contribution in [1.82, 2.24) is 5.32 Å². The number of hydrogen-bond donors (Lipinski definition) is 1. The van der Waals surface area contributed by atoms with Crippen molar-refractivity contribution in [2.24, 2.45) is 0 Å². The fraction of sp³-hybridized carbons (Fsp3) is 0.231. The molecule has 0 saturated heterocycles. The summed E-state index contributed by atoms with van der Waals surface area (Å²) >= 11 is 21.0. The number of hydrogen-bond acceptors (Lipinski definition) is 2. The predicted octanol–water partition coefficient (Wildman–Crippen LogP) is 6.08. The summed E-state index contributed by atoms with van der Waals surface area (Å²) in [5.74, 6) is 0. The van der Waals surface area contributed by atoms with E-state index in [2.05, 4.69) is 43.2 Å². The molecule has 0 bridgehead atoms. The van der Waals surface area contributed by atoms with Gasteiger partial charge >= 0.3 is 0 Å². The number of thiophene rings is 1. The van der Waals surface area contributed by atoms with E-state index in [9.17, 15) is 0 Å². The summed E-state index contributed by atoms with van der Waals surface area (Å²) in [5.41, 5.74) is 1.05. The Morgan fingerprint density at radius 1 is 1.26 bits per heavy atom. The fourth-order valence-electron chi connectivity index (χ4n) is 1.80. The second-order valence-corrected chi connectivity index (χ2v) is 8.15. The molecule has 102 valence electrons. The largest absolute Gasteiger partial charge is 0.312 e. The van der Waals surface area contributed by atoms with Crippen LogP contribution in [-0.2, 0) is 6.42 Å². The lowest BCUT2D eigenvalue weighted by molar-refractivity contribution is 0.602. The molecule has 0 saturated carbocycles. The summed E-state index contributed by atoms with van der Waals surface area (Å²) in [4.78, 5) is 1.25. The van der Waals surface area contributed by atoms with Crippen LogP contribution in [0.1, 0.15) is 16.5 Å². The molecule has 0 aliphatic rings. The van der Waals surface area contributed by atoms with E-state index in [0.29, 0.717) is 5.02 Å². The Labute approximate surface area is 143 Å². The Kier molecular flexibility index (Phi) is 5.76. The Balaban J connectivity index is 2.26. The van der Waals surface area contributed by atoms with Crippen LogP contribution in [-0.4, -0.2) is 7.05 Å². The van der Waals surface area contributed by atoms with Gasteiger partial charge in [0, 0.05) is 25.4 Å². The van der Waals surface area contributed by atoms with Crippen LogP contribution in [0, 0.1) is 0 Å². The molecule has 1 N–H and O–H groups in total. The third-order valence-corrected chi connectivity index (χ3v) is 6.76. The average Bonchev–Trinajstić information content (AvgIpc) is 2.70. The maximum Gasteiger partial charge on any atom is 0.0843 e. The SMILES string of the molecule is CNC(Cc1cc(Cl)ccc1Cl)c1cc(Br)c(Br)s1. The van der Waals surface area contributed by atoms with Gasteiger partial charge in [0.2, 0.25) is 0 Å². The Morgan fingerprint density at radius 3 is 2.58 bits per heavy atom. The van der Waals surface area contributed by atoms with Gasteiger partial charge in [0.05, 0.1) is 3.79 Å². The molecule has 0 radical (unpaired) electrons. The monoisotopic (exact) mass is 441 g/mol. The minimum absolute atomic E-state index is 0.212. The topological polar surface area (TPSA) is 12.0 Å². The van der Waals surface area contributed by atoms with Gasteiger partial charge in [-0.1, -0.05) is 23.2 Å². The number of likely N-dealkylation sites (N-methyl/N-ethyl adjacent to an activating group) is 1. The molecule has 0 spiro atoms. The van der Waals surface area contributed by atoms with E-state index in [1.165, 1.54) is 4.88 Å². The lowest BCUT2D eigenvalue weighted by atomic mass is 10.0. The molecule has 1 aromatic heterocycles. The van der Waals surface area contributed by atoms with E-state index in [0.717, 1.165) is 25.3 Å². The maximum absolute atomic E-state index is 6.22. The van der Waals surface area contributed by atoms with Crippen LogP contribution in [0.3, 0.4) is 0 Å². The highest BCUT2D eigenvalue weighted by Gasteiger charge is 2.16. The first-order valence-electron chi connectivity index (χ1n) is 5.57. The zero-order chi connectivity index (χ0) is 14.0. The summed E-state index contributed by atoms with van der Waals surface area (Å²) in [6, 6.07) is 7.90. The van der Waals surface area contributed by atoms with E-state index in [1.54, 1.807) is 17.4 Å². The van der Waals surface area contributed by atoms with Crippen molar-refractivity contribution in [3.8, 4) is 0 Å². The zero-order valence-electron chi connectivity index (χ0n) is 10.0. The van der Waals surface area contributed by atoms with Gasteiger partial charge in [0.25, 0.3) is 0 Å². The molecular formula is C13H11Br2Cl2NS. The Bertz CT molecular complexity index is 567. The highest BCUT2D eigenvalue weighted by atomic mass is 79.9. The van der Waals surface area contributed by atoms with Crippen LogP contribution >= 0.6 is 66.4 Å². The molecule has 0 amide bonds. The smallest absolute Gasteiger partial charge is 0.0843 e. The normalized spacial score (nSPS) is 12.7. The summed E-state index contributed by atoms with van der Waals surface area (Å²) in [5, 5.41) is 4.78. The number of rotatable bonds is 4. The molecule has 0 fully saturated rings. The Hall–Kier alpha value is 0.420. The average molecular weight is 444 g/mol. The lowest BCUT2D eigenvalue weighted by Crippen LogP contribution is -2.17. The van der Waals surface area contributed by atoms with Crippen molar-refractivity contribution >= 4 is 66.4 Å². The van der Waals surface area contributed by atoms with Crippen molar-refractivity contribution in [1.29, 1.82) is 0 Å². The first kappa shape index (κ1) is 15.8. The summed E-state index contributed by atoms with van der Waals surface area (Å²) in [6.45, 7) is 0. The molecule has 1 aromatic carbocycles. The number of nitrogens with one attached hydrogen (secondary N) is 1. The third kappa shape index (κ3) is 3.96. The van der Waals surface area contributed by atoms with Crippen molar-refractivity contribution in [2.75, 3.05) is 7.05 Å². The first-order valence-corrected chi connectivity index (χ1v) is 8.73. The fourth-order valence-corrected chi connectivity index (χ4v) is 4.39. The van der Waals surface area contributed by atoms with E-state index in [-0.39, 0.29) is 6.04 Å². The molecule has 19 heavy (non-hydrogen) atoms. The molecule has 0 aliphatic carbocycles. The molecule has 1 nitrogen and oxygen atoms in total. The van der Waals surface area contributed by atoms with Gasteiger partial charge in [-0.2, -0.15) is 0 Å². The molecule has 1 heterocycles. The van der Waals surface area contributed by atoms with Crippen LogP contribution in [0.2, 0.25) is 10.0 Å². The van der Waals surface area contributed by atoms with Gasteiger partial charge in [0.1, 0.15) is 0 Å². The minimum atomic E-state index is 0.212. The molecule has 1 atom stereocenters. The van der Waals surface area contributed by atoms with E-state index in [4.69, 9.17) is 23.2 Å². The first-order chi connectivity index (χ1) is 9.01. The lowest BCUT2D eigenvalue weighted by Gasteiger charge is -2.15. The van der Waals surface area contributed by atoms with E-state index in [1.807, 2.05) is 19.2 Å². The molecular weight excluding hydrogens is 433 g/mol. The van der Waals surface area contributed by atoms with Crippen molar-refractivity contribution in [2.45, 2.75) is 12.5 Å². The second kappa shape index (κ2) is 6.92. The van der Waals surface area contributed by atoms with Crippen molar-refractivity contribution < 1.29 is 0 Å². The second-order valence-electron chi connectivity index (χ2n) is 4.05. The summed E-state index contributed by atoms with van der Waals surface area (Å²) < 4.78 is 2.17. The van der Waals surface area contributed by atoms with Crippen LogP contribution in [0.25, 0.3) is 0 Å². The summed E-state index contributed by atoms with van der Waals surface area (Å²) in [7, 11) is 1.95. The Morgan fingerprint density at radius 2 is 2.00 bits per heavy atom. The quantitative estimate of drug-likeness (QED) is 0.603. The van der Waals surface area contributed by atoms with Gasteiger partial charge in [-0.15, -0.1) is 11.3 Å². The van der Waals surface area contributed by atoms with Crippen molar-refractivity contribution in [3.63, 3.8) is 0 Å². The number of halogens is 4. The minimum Gasteiger partial charge on any atom is -0.312 e. The zero-order valence-corrected chi connectivity index (χ0v) is 15.5. The molecule has 6 heteroatoms. The van der Waals surface area contributed by atoms with Crippen LogP contribution in [0.4, 0.5) is 0 Å². The van der Waals surface area contributed by atoms with E-state index >= 15 is 0 Å². The standard InChI is InChI=1S/C13H11Br2Cl2NS/c1-18-11(12-6-9(14)13(15)19-12)5-7-4-8(16)2-3-10(7)17/h2-4,6,11,18H,5H2,1H3.